The molecule has 0 amide bonds. The van der Waals surface area contributed by atoms with Crippen molar-refractivity contribution in [2.45, 2.75) is 61.8 Å². The molecule has 1 fully saturated rings. The van der Waals surface area contributed by atoms with Crippen LogP contribution in [-0.4, -0.2) is 9.55 Å². The van der Waals surface area contributed by atoms with E-state index in [0.717, 1.165) is 65.7 Å². The normalized spacial score (nSPS) is 15.9. The molecule has 0 aliphatic heterocycles. The molecule has 6 rings (SSSR count). The number of aryl methyl sites for hydroxylation is 1. The van der Waals surface area contributed by atoms with E-state index in [9.17, 15) is 4.79 Å². The van der Waals surface area contributed by atoms with Crippen LogP contribution in [0.4, 0.5) is 0 Å². The number of para-hydroxylation sites is 1. The quantitative estimate of drug-likeness (QED) is 0.190. The molecule has 1 heterocycles. The number of thioether (sulfide) groups is 1. The van der Waals surface area contributed by atoms with Crippen LogP contribution in [0, 0.1) is 6.92 Å². The number of nitrogens with zero attached hydrogens (tertiary/aromatic N) is 2. The Morgan fingerprint density at radius 2 is 1.73 bits per heavy atom. The largest absolute Gasteiger partial charge is 0.268 e. The molecular weight excluding hydrogens is 519 g/mol. The lowest BCUT2D eigenvalue weighted by Gasteiger charge is -2.42. The average molecular weight is 548 g/mol. The van der Waals surface area contributed by atoms with Crippen molar-refractivity contribution in [1.29, 1.82) is 0 Å². The Bertz CT molecular complexity index is 1560. The van der Waals surface area contributed by atoms with E-state index >= 15 is 0 Å². The van der Waals surface area contributed by atoms with Crippen LogP contribution >= 0.6 is 35.0 Å². The standard InChI is InChI=1S/C31H28Cl2N2OS/c1-20-9-3-6-12-26(20)35-29(36)27-28(34-30(35)37-19-22-13-14-23(32)17-25(22)33)24-11-5-4-10-21(24)18-31(27)15-7-2-8-16-31/h3-6,9-14,17H,2,7-8,15-16,18-19H2,1H3. The summed E-state index contributed by atoms with van der Waals surface area (Å²) in [6.07, 6.45) is 6.51. The first-order valence-electron chi connectivity index (χ1n) is 12.9. The van der Waals surface area contributed by atoms with Crippen LogP contribution in [0.5, 0.6) is 0 Å². The smallest absolute Gasteiger partial charge is 0.263 e. The maximum absolute atomic E-state index is 14.7. The number of aromatic nitrogens is 2. The van der Waals surface area contributed by atoms with E-state index in [1.165, 1.54) is 12.0 Å². The summed E-state index contributed by atoms with van der Waals surface area (Å²) in [6, 6.07) is 22.1. The Balaban J connectivity index is 1.59. The van der Waals surface area contributed by atoms with Gasteiger partial charge in [0.05, 0.1) is 16.9 Å². The van der Waals surface area contributed by atoms with E-state index in [2.05, 4.69) is 37.3 Å². The van der Waals surface area contributed by atoms with Crippen molar-refractivity contribution in [1.82, 2.24) is 9.55 Å². The molecule has 3 nitrogen and oxygen atoms in total. The lowest BCUT2D eigenvalue weighted by atomic mass is 9.62. The minimum absolute atomic E-state index is 0.0698. The van der Waals surface area contributed by atoms with Crippen molar-refractivity contribution in [2.24, 2.45) is 0 Å². The van der Waals surface area contributed by atoms with Crippen molar-refractivity contribution in [3.63, 3.8) is 0 Å². The second-order valence-corrected chi connectivity index (χ2v) is 12.0. The van der Waals surface area contributed by atoms with Crippen LogP contribution in [0.25, 0.3) is 16.9 Å². The highest BCUT2D eigenvalue weighted by atomic mass is 35.5. The van der Waals surface area contributed by atoms with Crippen molar-refractivity contribution < 1.29 is 0 Å². The van der Waals surface area contributed by atoms with Gasteiger partial charge in [0.15, 0.2) is 5.16 Å². The summed E-state index contributed by atoms with van der Waals surface area (Å²) in [6.45, 7) is 2.05. The van der Waals surface area contributed by atoms with Crippen LogP contribution in [0.3, 0.4) is 0 Å². The van der Waals surface area contributed by atoms with Crippen LogP contribution in [0.2, 0.25) is 10.0 Å². The molecule has 0 N–H and O–H groups in total. The minimum atomic E-state index is -0.154. The van der Waals surface area contributed by atoms with Gasteiger partial charge in [0.25, 0.3) is 5.56 Å². The number of hydrogen-bond donors (Lipinski definition) is 0. The molecule has 188 valence electrons. The molecule has 1 aromatic heterocycles. The summed E-state index contributed by atoms with van der Waals surface area (Å²) >= 11 is 14.2. The Morgan fingerprint density at radius 3 is 2.51 bits per heavy atom. The third-order valence-electron chi connectivity index (χ3n) is 7.92. The molecular formula is C31H28Cl2N2OS. The third-order valence-corrected chi connectivity index (χ3v) is 9.50. The van der Waals surface area contributed by atoms with Crippen molar-refractivity contribution in [3.05, 3.63) is 109 Å². The molecule has 0 bridgehead atoms. The van der Waals surface area contributed by atoms with Crippen LogP contribution in [0.1, 0.15) is 54.4 Å². The lowest BCUT2D eigenvalue weighted by molar-refractivity contribution is 0.283. The van der Waals surface area contributed by atoms with Gasteiger partial charge in [-0.15, -0.1) is 0 Å². The van der Waals surface area contributed by atoms with Gasteiger partial charge in [0.1, 0.15) is 0 Å². The zero-order valence-electron chi connectivity index (χ0n) is 20.8. The van der Waals surface area contributed by atoms with Gasteiger partial charge in [-0.05, 0) is 61.1 Å². The first-order valence-corrected chi connectivity index (χ1v) is 14.6. The van der Waals surface area contributed by atoms with Gasteiger partial charge in [-0.2, -0.15) is 0 Å². The van der Waals surface area contributed by atoms with Gasteiger partial charge in [0.2, 0.25) is 0 Å². The lowest BCUT2D eigenvalue weighted by Crippen LogP contribution is -2.43. The highest BCUT2D eigenvalue weighted by Crippen LogP contribution is 2.49. The van der Waals surface area contributed by atoms with Crippen LogP contribution in [0.15, 0.2) is 76.7 Å². The molecule has 6 heteroatoms. The van der Waals surface area contributed by atoms with Gasteiger partial charge in [-0.25, -0.2) is 4.98 Å². The number of rotatable bonds is 4. The van der Waals surface area contributed by atoms with Crippen molar-refractivity contribution in [3.8, 4) is 16.9 Å². The highest BCUT2D eigenvalue weighted by Gasteiger charge is 2.43. The summed E-state index contributed by atoms with van der Waals surface area (Å²) in [5.74, 6) is 0.583. The molecule has 0 saturated heterocycles. The summed E-state index contributed by atoms with van der Waals surface area (Å²) in [5.41, 5.74) is 6.97. The van der Waals surface area contributed by atoms with E-state index in [4.69, 9.17) is 28.2 Å². The first-order chi connectivity index (χ1) is 18.0. The molecule has 0 unspecified atom stereocenters. The molecule has 1 spiro atoms. The number of halogens is 2. The van der Waals surface area contributed by atoms with E-state index in [0.29, 0.717) is 21.0 Å². The van der Waals surface area contributed by atoms with Crippen LogP contribution < -0.4 is 5.56 Å². The van der Waals surface area contributed by atoms with E-state index in [1.54, 1.807) is 17.8 Å². The fourth-order valence-corrected chi connectivity index (χ4v) is 7.65. The second kappa shape index (κ2) is 9.98. The minimum Gasteiger partial charge on any atom is -0.268 e. The molecule has 1 saturated carbocycles. The van der Waals surface area contributed by atoms with E-state index in [1.807, 2.05) is 34.9 Å². The number of fused-ring (bicyclic) bond motifs is 4. The molecule has 3 aromatic carbocycles. The summed E-state index contributed by atoms with van der Waals surface area (Å²) in [5, 5.41) is 1.91. The third kappa shape index (κ3) is 4.43. The topological polar surface area (TPSA) is 34.9 Å². The van der Waals surface area contributed by atoms with Gasteiger partial charge in [-0.3, -0.25) is 9.36 Å². The monoisotopic (exact) mass is 546 g/mol. The maximum Gasteiger partial charge on any atom is 0.263 e. The van der Waals surface area contributed by atoms with Crippen molar-refractivity contribution in [2.75, 3.05) is 0 Å². The molecule has 2 aliphatic carbocycles. The first kappa shape index (κ1) is 24.8. The molecule has 0 radical (unpaired) electrons. The van der Waals surface area contributed by atoms with Crippen molar-refractivity contribution >= 4 is 35.0 Å². The average Bonchev–Trinajstić information content (AvgIpc) is 2.89. The van der Waals surface area contributed by atoms with Crippen LogP contribution in [-0.2, 0) is 17.6 Å². The predicted octanol–water partition coefficient (Wildman–Crippen LogP) is 8.57. The Hall–Kier alpha value is -2.53. The SMILES string of the molecule is Cc1ccccc1-n1c(SCc2ccc(Cl)cc2Cl)nc2c(c1=O)C1(CCCCC1)Cc1ccccc1-2. The highest BCUT2D eigenvalue weighted by molar-refractivity contribution is 7.98. The number of hydrogen-bond acceptors (Lipinski definition) is 3. The molecule has 0 atom stereocenters. The zero-order chi connectivity index (χ0) is 25.6. The fourth-order valence-electron chi connectivity index (χ4n) is 6.09. The van der Waals surface area contributed by atoms with Gasteiger partial charge in [0, 0.05) is 26.8 Å². The second-order valence-electron chi connectivity index (χ2n) is 10.2. The number of benzene rings is 3. The van der Waals surface area contributed by atoms with Gasteiger partial charge < -0.3 is 0 Å². The zero-order valence-corrected chi connectivity index (χ0v) is 23.1. The predicted molar refractivity (Wildman–Crippen MR) is 154 cm³/mol. The van der Waals surface area contributed by atoms with Gasteiger partial charge in [-0.1, -0.05) is 103 Å². The Labute approximate surface area is 231 Å². The maximum atomic E-state index is 14.7. The Kier molecular flexibility index (Phi) is 6.68. The molecule has 37 heavy (non-hydrogen) atoms. The van der Waals surface area contributed by atoms with E-state index < -0.39 is 0 Å². The summed E-state index contributed by atoms with van der Waals surface area (Å²) in [7, 11) is 0. The Morgan fingerprint density at radius 1 is 0.973 bits per heavy atom. The fraction of sp³-hybridized carbons (Fsp3) is 0.290. The van der Waals surface area contributed by atoms with E-state index in [-0.39, 0.29) is 11.0 Å². The molecule has 2 aliphatic rings. The summed E-state index contributed by atoms with van der Waals surface area (Å²) < 4.78 is 1.85. The summed E-state index contributed by atoms with van der Waals surface area (Å²) in [4.78, 5) is 20.0. The molecule has 4 aromatic rings. The van der Waals surface area contributed by atoms with Gasteiger partial charge >= 0.3 is 0 Å².